The summed E-state index contributed by atoms with van der Waals surface area (Å²) >= 11 is 0. The van der Waals surface area contributed by atoms with Gasteiger partial charge < -0.3 is 10.2 Å². The van der Waals surface area contributed by atoms with Crippen molar-refractivity contribution in [3.8, 4) is 0 Å². The molecular formula is C17H25N5O3S. The summed E-state index contributed by atoms with van der Waals surface area (Å²) < 4.78 is 33.1. The lowest BCUT2D eigenvalue weighted by Gasteiger charge is -2.42. The maximum absolute atomic E-state index is 12.8. The predicted molar refractivity (Wildman–Crippen MR) is 97.2 cm³/mol. The number of likely N-dealkylation sites (tertiary alicyclic amines) is 1. The van der Waals surface area contributed by atoms with Crippen molar-refractivity contribution in [2.75, 3.05) is 19.6 Å². The fraction of sp³-hybridized carbons (Fsp3) is 0.647. The minimum Gasteiger partial charge on any atom is -0.310 e. The maximum atomic E-state index is 12.8. The number of nitrogens with one attached hydrogen (secondary N) is 2. The first-order chi connectivity index (χ1) is 12.6. The highest BCUT2D eigenvalue weighted by Gasteiger charge is 2.36. The van der Waals surface area contributed by atoms with Crippen LogP contribution < -0.4 is 10.0 Å². The molecule has 8 nitrogen and oxygen atoms in total. The van der Waals surface area contributed by atoms with Gasteiger partial charge in [0.1, 0.15) is 10.4 Å². The second-order valence-corrected chi connectivity index (χ2v) is 8.86. The lowest BCUT2D eigenvalue weighted by molar-refractivity contribution is 0.170. The summed E-state index contributed by atoms with van der Waals surface area (Å²) in [7, 11) is -3.66. The van der Waals surface area contributed by atoms with E-state index in [9.17, 15) is 8.42 Å². The van der Waals surface area contributed by atoms with Crippen LogP contribution >= 0.6 is 0 Å². The minimum atomic E-state index is -3.66. The lowest BCUT2D eigenvalue weighted by Crippen LogP contribution is -2.60. The van der Waals surface area contributed by atoms with Gasteiger partial charge in [0.05, 0.1) is 0 Å². The number of piperidine rings is 1. The standard InChI is InChI=1S/C17H25N5O3S/c1-2-22-10-8-12(9-11-22)18-13-6-7-14(13)21-26(23,24)16-5-3-4-15-17(16)20-25-19-15/h3-5,12-14,18,21H,2,6-11H2,1H3/t13-,14+/m1/s1. The Morgan fingerprint density at radius 3 is 2.62 bits per heavy atom. The van der Waals surface area contributed by atoms with Crippen LogP contribution in [-0.2, 0) is 10.0 Å². The Bertz CT molecular complexity index is 860. The molecule has 26 heavy (non-hydrogen) atoms. The highest BCUT2D eigenvalue weighted by Crippen LogP contribution is 2.26. The average Bonchev–Trinajstić information content (AvgIpc) is 3.12. The van der Waals surface area contributed by atoms with Crippen molar-refractivity contribution in [3.05, 3.63) is 18.2 Å². The van der Waals surface area contributed by atoms with E-state index in [2.05, 4.69) is 36.8 Å². The van der Waals surface area contributed by atoms with Gasteiger partial charge in [-0.3, -0.25) is 0 Å². The second kappa shape index (κ2) is 7.22. The molecule has 2 atom stereocenters. The average molecular weight is 379 g/mol. The largest absolute Gasteiger partial charge is 0.310 e. The van der Waals surface area contributed by atoms with Crippen LogP contribution in [0.3, 0.4) is 0 Å². The maximum Gasteiger partial charge on any atom is 0.243 e. The topological polar surface area (TPSA) is 100 Å². The zero-order valence-corrected chi connectivity index (χ0v) is 15.7. The van der Waals surface area contributed by atoms with Crippen LogP contribution in [0.4, 0.5) is 0 Å². The van der Waals surface area contributed by atoms with Gasteiger partial charge in [0.15, 0.2) is 5.52 Å². The smallest absolute Gasteiger partial charge is 0.243 e. The number of benzene rings is 1. The van der Waals surface area contributed by atoms with E-state index in [1.807, 2.05) is 0 Å². The van der Waals surface area contributed by atoms with Gasteiger partial charge in [0.25, 0.3) is 0 Å². The molecule has 1 saturated carbocycles. The van der Waals surface area contributed by atoms with Crippen LogP contribution in [0, 0.1) is 0 Å². The van der Waals surface area contributed by atoms with Crippen LogP contribution in [0.2, 0.25) is 0 Å². The second-order valence-electron chi connectivity index (χ2n) is 7.17. The number of hydrogen-bond acceptors (Lipinski definition) is 7. The Kier molecular flexibility index (Phi) is 4.96. The van der Waals surface area contributed by atoms with Gasteiger partial charge in [-0.15, -0.1) is 0 Å². The molecule has 2 fully saturated rings. The van der Waals surface area contributed by atoms with Crippen molar-refractivity contribution in [1.29, 1.82) is 0 Å². The van der Waals surface area contributed by atoms with Crippen LogP contribution in [0.1, 0.15) is 32.6 Å². The Hall–Kier alpha value is -1.55. The van der Waals surface area contributed by atoms with Crippen molar-refractivity contribution < 1.29 is 13.0 Å². The molecule has 0 bridgehead atoms. The van der Waals surface area contributed by atoms with Gasteiger partial charge in [-0.1, -0.05) is 13.0 Å². The van der Waals surface area contributed by atoms with E-state index in [1.54, 1.807) is 12.1 Å². The number of sulfonamides is 1. The van der Waals surface area contributed by atoms with Crippen LogP contribution in [0.15, 0.2) is 27.7 Å². The minimum absolute atomic E-state index is 0.0840. The van der Waals surface area contributed by atoms with E-state index in [-0.39, 0.29) is 22.5 Å². The summed E-state index contributed by atoms with van der Waals surface area (Å²) in [6.45, 7) is 5.51. The van der Waals surface area contributed by atoms with Gasteiger partial charge in [0.2, 0.25) is 10.0 Å². The summed E-state index contributed by atoms with van der Waals surface area (Å²) in [4.78, 5) is 2.57. The van der Waals surface area contributed by atoms with Crippen LogP contribution in [-0.4, -0.2) is 61.4 Å². The first-order valence-corrected chi connectivity index (χ1v) is 10.8. The summed E-state index contributed by atoms with van der Waals surface area (Å²) in [5.74, 6) is 0. The van der Waals surface area contributed by atoms with Crippen LogP contribution in [0.25, 0.3) is 11.0 Å². The zero-order valence-electron chi connectivity index (χ0n) is 14.9. The first-order valence-electron chi connectivity index (χ1n) is 9.29. The first kappa shape index (κ1) is 17.8. The highest BCUT2D eigenvalue weighted by molar-refractivity contribution is 7.89. The molecule has 1 aromatic carbocycles. The fourth-order valence-electron chi connectivity index (χ4n) is 3.82. The molecule has 2 aromatic rings. The summed E-state index contributed by atoms with van der Waals surface area (Å²) in [6.07, 6.45) is 4.08. The molecule has 2 N–H and O–H groups in total. The lowest BCUT2D eigenvalue weighted by atomic mass is 9.86. The molecule has 142 valence electrons. The van der Waals surface area contributed by atoms with Gasteiger partial charge in [-0.2, -0.15) is 0 Å². The molecule has 1 aromatic heterocycles. The molecule has 4 rings (SSSR count). The quantitative estimate of drug-likeness (QED) is 0.775. The molecular weight excluding hydrogens is 354 g/mol. The molecule has 1 saturated heterocycles. The third-order valence-corrected chi connectivity index (χ3v) is 7.13. The van der Waals surface area contributed by atoms with Crippen molar-refractivity contribution in [2.45, 2.75) is 55.6 Å². The van der Waals surface area contributed by atoms with Crippen molar-refractivity contribution in [3.63, 3.8) is 0 Å². The van der Waals surface area contributed by atoms with Crippen molar-refractivity contribution >= 4 is 21.1 Å². The van der Waals surface area contributed by atoms with Gasteiger partial charge in [0, 0.05) is 18.1 Å². The highest BCUT2D eigenvalue weighted by atomic mass is 32.2. The Morgan fingerprint density at radius 2 is 1.92 bits per heavy atom. The van der Waals surface area contributed by atoms with E-state index < -0.39 is 10.0 Å². The molecule has 2 heterocycles. The fourth-order valence-corrected chi connectivity index (χ4v) is 5.28. The van der Waals surface area contributed by atoms with E-state index >= 15 is 0 Å². The molecule has 0 spiro atoms. The molecule has 1 aliphatic heterocycles. The van der Waals surface area contributed by atoms with E-state index in [0.717, 1.165) is 45.3 Å². The SMILES string of the molecule is CCN1CCC(N[C@@H]2CC[C@@H]2NS(=O)(=O)c2cccc3nonc23)CC1. The molecule has 9 heteroatoms. The third kappa shape index (κ3) is 3.48. The Labute approximate surface area is 153 Å². The number of fused-ring (bicyclic) bond motifs is 1. The van der Waals surface area contributed by atoms with Crippen molar-refractivity contribution in [1.82, 2.24) is 25.3 Å². The normalized spacial score (nSPS) is 25.4. The van der Waals surface area contributed by atoms with E-state index in [0.29, 0.717) is 11.6 Å². The van der Waals surface area contributed by atoms with E-state index in [4.69, 9.17) is 0 Å². The molecule has 0 unspecified atom stereocenters. The summed E-state index contributed by atoms with van der Waals surface area (Å²) in [5, 5.41) is 11.1. The zero-order chi connectivity index (χ0) is 18.1. The van der Waals surface area contributed by atoms with Crippen molar-refractivity contribution in [2.24, 2.45) is 0 Å². The number of aromatic nitrogens is 2. The molecule has 1 aliphatic carbocycles. The molecule has 2 aliphatic rings. The van der Waals surface area contributed by atoms with Gasteiger partial charge in [-0.25, -0.2) is 17.8 Å². The Morgan fingerprint density at radius 1 is 1.15 bits per heavy atom. The van der Waals surface area contributed by atoms with Gasteiger partial charge in [-0.05, 0) is 67.8 Å². The predicted octanol–water partition coefficient (Wildman–Crippen LogP) is 1.11. The van der Waals surface area contributed by atoms with Gasteiger partial charge >= 0.3 is 0 Å². The summed E-state index contributed by atoms with van der Waals surface area (Å²) in [6, 6.07) is 5.45. The third-order valence-electron chi connectivity index (χ3n) is 5.60. The molecule has 0 radical (unpaired) electrons. The van der Waals surface area contributed by atoms with E-state index in [1.165, 1.54) is 6.07 Å². The number of rotatable bonds is 6. The monoisotopic (exact) mass is 379 g/mol. The van der Waals surface area contributed by atoms with Crippen LogP contribution in [0.5, 0.6) is 0 Å². The summed E-state index contributed by atoms with van der Waals surface area (Å²) in [5.41, 5.74) is 0.717. The molecule has 0 amide bonds. The number of nitrogens with zero attached hydrogens (tertiary/aromatic N) is 3. The number of hydrogen-bond donors (Lipinski definition) is 2. The Balaban J connectivity index is 1.40.